The number of rotatable bonds is 4. The zero-order valence-electron chi connectivity index (χ0n) is 13.1. The average molecular weight is 314 g/mol. The van der Waals surface area contributed by atoms with Gasteiger partial charge in [-0.3, -0.25) is 9.59 Å². The summed E-state index contributed by atoms with van der Waals surface area (Å²) in [5.74, 6) is -1.75. The summed E-state index contributed by atoms with van der Waals surface area (Å²) in [7, 11) is 0. The topological polar surface area (TPSA) is 49.4 Å². The summed E-state index contributed by atoms with van der Waals surface area (Å²) in [6.45, 7) is 4.06. The lowest BCUT2D eigenvalue weighted by Gasteiger charge is -2.26. The Morgan fingerprint density at radius 2 is 1.65 bits per heavy atom. The molecule has 0 heterocycles. The van der Waals surface area contributed by atoms with Gasteiger partial charge in [0, 0.05) is 18.3 Å². The van der Waals surface area contributed by atoms with Gasteiger partial charge in [0.2, 0.25) is 0 Å². The first-order valence-electron chi connectivity index (χ1n) is 7.39. The molecule has 0 aliphatic heterocycles. The van der Waals surface area contributed by atoms with Crippen molar-refractivity contribution >= 4 is 17.5 Å². The van der Waals surface area contributed by atoms with Gasteiger partial charge < -0.3 is 10.2 Å². The minimum Gasteiger partial charge on any atom is -0.328 e. The number of hydrogen-bond acceptors (Lipinski definition) is 2. The molecule has 0 saturated heterocycles. The van der Waals surface area contributed by atoms with Crippen molar-refractivity contribution in [1.82, 2.24) is 4.90 Å². The summed E-state index contributed by atoms with van der Waals surface area (Å²) < 4.78 is 12.9. The molecule has 0 saturated carbocycles. The third-order valence-corrected chi connectivity index (χ3v) is 3.38. The number of benzene rings is 2. The van der Waals surface area contributed by atoms with Gasteiger partial charge in [-0.2, -0.15) is 0 Å². The maximum Gasteiger partial charge on any atom is 0.313 e. The van der Waals surface area contributed by atoms with Crippen molar-refractivity contribution in [2.45, 2.75) is 26.4 Å². The molecule has 0 bridgehead atoms. The Balaban J connectivity index is 2.07. The first kappa shape index (κ1) is 16.7. The minimum absolute atomic E-state index is 0.123. The van der Waals surface area contributed by atoms with Crippen LogP contribution in [-0.2, 0) is 16.1 Å². The van der Waals surface area contributed by atoms with Gasteiger partial charge in [0.25, 0.3) is 0 Å². The summed E-state index contributed by atoms with van der Waals surface area (Å²) in [4.78, 5) is 26.0. The van der Waals surface area contributed by atoms with Crippen molar-refractivity contribution in [1.29, 1.82) is 0 Å². The zero-order chi connectivity index (χ0) is 16.8. The van der Waals surface area contributed by atoms with Crippen molar-refractivity contribution in [2.75, 3.05) is 5.32 Å². The molecule has 2 amide bonds. The van der Waals surface area contributed by atoms with Gasteiger partial charge in [0.15, 0.2) is 0 Å². The highest BCUT2D eigenvalue weighted by Gasteiger charge is 2.24. The normalized spacial score (nSPS) is 10.4. The molecule has 0 atom stereocenters. The van der Waals surface area contributed by atoms with E-state index in [9.17, 15) is 14.0 Å². The van der Waals surface area contributed by atoms with Gasteiger partial charge in [-0.05, 0) is 43.7 Å². The Bertz CT molecular complexity index is 669. The van der Waals surface area contributed by atoms with Gasteiger partial charge in [0.05, 0.1) is 0 Å². The third-order valence-electron chi connectivity index (χ3n) is 3.38. The lowest BCUT2D eigenvalue weighted by atomic mass is 10.2. The van der Waals surface area contributed by atoms with Gasteiger partial charge in [0.1, 0.15) is 5.82 Å². The van der Waals surface area contributed by atoms with Crippen molar-refractivity contribution in [3.05, 3.63) is 66.0 Å². The maximum absolute atomic E-state index is 12.9. The molecule has 0 aliphatic carbocycles. The largest absolute Gasteiger partial charge is 0.328 e. The van der Waals surface area contributed by atoms with Crippen LogP contribution in [0.25, 0.3) is 0 Å². The molecule has 23 heavy (non-hydrogen) atoms. The standard InChI is InChI=1S/C18H19FN2O2/c1-13(2)21(12-14-6-4-3-5-7-14)18(23)17(22)20-16-10-8-15(19)9-11-16/h3-11,13H,12H2,1-2H3,(H,20,22). The molecule has 120 valence electrons. The van der Waals surface area contributed by atoms with Crippen molar-refractivity contribution in [3.63, 3.8) is 0 Å². The summed E-state index contributed by atoms with van der Waals surface area (Å²) in [5.41, 5.74) is 1.33. The van der Waals surface area contributed by atoms with Crippen LogP contribution in [-0.4, -0.2) is 22.8 Å². The zero-order valence-corrected chi connectivity index (χ0v) is 13.1. The fraction of sp³-hybridized carbons (Fsp3) is 0.222. The molecule has 2 aromatic rings. The van der Waals surface area contributed by atoms with E-state index in [2.05, 4.69) is 5.32 Å². The van der Waals surface area contributed by atoms with Crippen LogP contribution in [0.5, 0.6) is 0 Å². The van der Waals surface area contributed by atoms with E-state index in [1.165, 1.54) is 29.2 Å². The second kappa shape index (κ2) is 7.54. The number of amides is 2. The molecule has 0 spiro atoms. The highest BCUT2D eigenvalue weighted by Crippen LogP contribution is 2.11. The Labute approximate surface area is 134 Å². The number of carbonyl (C=O) groups excluding carboxylic acids is 2. The van der Waals surface area contributed by atoms with E-state index >= 15 is 0 Å². The molecule has 4 nitrogen and oxygen atoms in total. The second-order valence-electron chi connectivity index (χ2n) is 5.47. The monoisotopic (exact) mass is 314 g/mol. The van der Waals surface area contributed by atoms with Crippen LogP contribution >= 0.6 is 0 Å². The SMILES string of the molecule is CC(C)N(Cc1ccccc1)C(=O)C(=O)Nc1ccc(F)cc1. The minimum atomic E-state index is -0.735. The van der Waals surface area contributed by atoms with Gasteiger partial charge in [-0.25, -0.2) is 4.39 Å². The van der Waals surface area contributed by atoms with Crippen LogP contribution < -0.4 is 5.32 Å². The summed E-state index contributed by atoms with van der Waals surface area (Å²) in [5, 5.41) is 2.49. The highest BCUT2D eigenvalue weighted by atomic mass is 19.1. The molecule has 0 radical (unpaired) electrons. The van der Waals surface area contributed by atoms with Crippen LogP contribution in [0, 0.1) is 5.82 Å². The van der Waals surface area contributed by atoms with Gasteiger partial charge in [-0.15, -0.1) is 0 Å². The molecule has 2 aromatic carbocycles. The van der Waals surface area contributed by atoms with Crippen LogP contribution in [0.2, 0.25) is 0 Å². The highest BCUT2D eigenvalue weighted by molar-refractivity contribution is 6.39. The van der Waals surface area contributed by atoms with Crippen LogP contribution in [0.1, 0.15) is 19.4 Å². The number of hydrogen-bond donors (Lipinski definition) is 1. The predicted molar refractivity (Wildman–Crippen MR) is 87.2 cm³/mol. The van der Waals surface area contributed by atoms with Gasteiger partial charge >= 0.3 is 11.8 Å². The fourth-order valence-electron chi connectivity index (χ4n) is 2.12. The molecule has 0 aliphatic rings. The van der Waals surface area contributed by atoms with E-state index in [1.807, 2.05) is 44.2 Å². The Morgan fingerprint density at radius 3 is 2.22 bits per heavy atom. The molecule has 0 unspecified atom stereocenters. The molecular weight excluding hydrogens is 295 g/mol. The van der Waals surface area contributed by atoms with E-state index in [4.69, 9.17) is 0 Å². The number of carbonyl (C=O) groups is 2. The number of nitrogens with one attached hydrogen (secondary N) is 1. The fourth-order valence-corrected chi connectivity index (χ4v) is 2.12. The first-order chi connectivity index (χ1) is 11.0. The molecule has 5 heteroatoms. The number of anilines is 1. The predicted octanol–water partition coefficient (Wildman–Crippen LogP) is 3.20. The summed E-state index contributed by atoms with van der Waals surface area (Å²) >= 11 is 0. The van der Waals surface area contributed by atoms with Crippen LogP contribution in [0.3, 0.4) is 0 Å². The lowest BCUT2D eigenvalue weighted by Crippen LogP contribution is -2.43. The molecule has 1 N–H and O–H groups in total. The third kappa shape index (κ3) is 4.64. The van der Waals surface area contributed by atoms with E-state index in [-0.39, 0.29) is 6.04 Å². The molecule has 0 aromatic heterocycles. The first-order valence-corrected chi connectivity index (χ1v) is 7.39. The Hall–Kier alpha value is -2.69. The summed E-state index contributed by atoms with van der Waals surface area (Å²) in [6.07, 6.45) is 0. The molecule has 0 fully saturated rings. The van der Waals surface area contributed by atoms with Crippen LogP contribution in [0.4, 0.5) is 10.1 Å². The lowest BCUT2D eigenvalue weighted by molar-refractivity contribution is -0.144. The average Bonchev–Trinajstić information content (AvgIpc) is 2.55. The van der Waals surface area contributed by atoms with Crippen molar-refractivity contribution < 1.29 is 14.0 Å². The molecule has 2 rings (SSSR count). The van der Waals surface area contributed by atoms with Crippen LogP contribution in [0.15, 0.2) is 54.6 Å². The Kier molecular flexibility index (Phi) is 5.46. The summed E-state index contributed by atoms with van der Waals surface area (Å²) in [6, 6.07) is 14.6. The second-order valence-corrected chi connectivity index (χ2v) is 5.47. The number of nitrogens with zero attached hydrogens (tertiary/aromatic N) is 1. The smallest absolute Gasteiger partial charge is 0.313 e. The van der Waals surface area contributed by atoms with Crippen molar-refractivity contribution in [3.8, 4) is 0 Å². The van der Waals surface area contributed by atoms with E-state index < -0.39 is 17.6 Å². The Morgan fingerprint density at radius 1 is 1.04 bits per heavy atom. The van der Waals surface area contributed by atoms with Gasteiger partial charge in [-0.1, -0.05) is 30.3 Å². The van der Waals surface area contributed by atoms with E-state index in [0.717, 1.165) is 5.56 Å². The van der Waals surface area contributed by atoms with E-state index in [0.29, 0.717) is 12.2 Å². The quantitative estimate of drug-likeness (QED) is 0.881. The maximum atomic E-state index is 12.9. The number of halogens is 1. The van der Waals surface area contributed by atoms with E-state index in [1.54, 1.807) is 0 Å². The van der Waals surface area contributed by atoms with Crippen molar-refractivity contribution in [2.24, 2.45) is 0 Å². The molecular formula is C18H19FN2O2.